The standard InChI is InChI=1S/C25H35N5O4S/c1-7-20(17-8-10-18(11-9-17)22-15(2)26-14-35-22)28-30(34)21-12-19(32)13-29(21)24(33)23(25(4,5)6)27-16(3)31/h8-11,14,19-21,23,32H,7,12-13H2,1-6H3,(H-,27,28,31,34)/p+1/t19-,20+,21-,23-/m1/s1. The van der Waals surface area contributed by atoms with Gasteiger partial charge < -0.3 is 10.4 Å². The number of aliphatic hydroxyl groups excluding tert-OH is 1. The van der Waals surface area contributed by atoms with Gasteiger partial charge in [-0.25, -0.2) is 4.98 Å². The predicted molar refractivity (Wildman–Crippen MR) is 135 cm³/mol. The van der Waals surface area contributed by atoms with Crippen molar-refractivity contribution in [2.24, 2.45) is 5.41 Å². The van der Waals surface area contributed by atoms with E-state index in [1.165, 1.54) is 11.8 Å². The van der Waals surface area contributed by atoms with Gasteiger partial charge >= 0.3 is 6.17 Å². The molecule has 1 aliphatic rings. The van der Waals surface area contributed by atoms with Crippen LogP contribution < -0.4 is 10.7 Å². The topological polar surface area (TPSA) is 115 Å². The fourth-order valence-electron chi connectivity index (χ4n) is 4.36. The van der Waals surface area contributed by atoms with Crippen LogP contribution in [0, 0.1) is 17.2 Å². The lowest BCUT2D eigenvalue weighted by Crippen LogP contribution is -2.57. The summed E-state index contributed by atoms with van der Waals surface area (Å²) >= 11 is 1.59. The first-order valence-corrected chi connectivity index (χ1v) is 12.8. The molecule has 9 nitrogen and oxygen atoms in total. The number of amides is 2. The molecule has 0 bridgehead atoms. The molecule has 1 fully saturated rings. The van der Waals surface area contributed by atoms with E-state index in [-0.39, 0.29) is 30.8 Å². The third kappa shape index (κ3) is 6.24. The van der Waals surface area contributed by atoms with E-state index in [0.717, 1.165) is 21.7 Å². The molecule has 3 rings (SSSR count). The van der Waals surface area contributed by atoms with Gasteiger partial charge in [-0.15, -0.1) is 16.8 Å². The second-order valence-corrected chi connectivity index (χ2v) is 11.0. The van der Waals surface area contributed by atoms with Crippen molar-refractivity contribution in [3.63, 3.8) is 0 Å². The van der Waals surface area contributed by atoms with Crippen molar-refractivity contribution in [1.82, 2.24) is 20.6 Å². The van der Waals surface area contributed by atoms with Crippen LogP contribution in [0.4, 0.5) is 0 Å². The van der Waals surface area contributed by atoms with Crippen molar-refractivity contribution in [2.45, 2.75) is 78.7 Å². The van der Waals surface area contributed by atoms with E-state index in [4.69, 9.17) is 0 Å². The molecule has 2 heterocycles. The van der Waals surface area contributed by atoms with Gasteiger partial charge in [-0.05, 0) is 29.9 Å². The number of nitroso groups, excluding NO2 is 1. The molecule has 190 valence electrons. The molecule has 0 unspecified atom stereocenters. The number of aromatic nitrogens is 1. The van der Waals surface area contributed by atoms with Crippen LogP contribution in [0.2, 0.25) is 0 Å². The number of β-amino-alcohol motifs (C(OH)–C–C–N with tert-alkyl or cyclic N) is 1. The number of hydrazine groups is 1. The Hall–Kier alpha value is -2.85. The third-order valence-electron chi connectivity index (χ3n) is 6.28. The molecule has 1 aromatic heterocycles. The number of thiazole rings is 1. The zero-order valence-corrected chi connectivity index (χ0v) is 22.1. The molecule has 0 spiro atoms. The number of benzene rings is 1. The van der Waals surface area contributed by atoms with Crippen molar-refractivity contribution in [1.29, 1.82) is 0 Å². The molecule has 0 saturated carbocycles. The van der Waals surface area contributed by atoms with E-state index in [9.17, 15) is 19.6 Å². The Labute approximate surface area is 210 Å². The highest BCUT2D eigenvalue weighted by molar-refractivity contribution is 7.13. The summed E-state index contributed by atoms with van der Waals surface area (Å²) in [4.78, 5) is 45.9. The molecule has 1 aromatic carbocycles. The number of nitrogens with zero attached hydrogens (tertiary/aromatic N) is 3. The summed E-state index contributed by atoms with van der Waals surface area (Å²) in [5.41, 5.74) is 7.25. The van der Waals surface area contributed by atoms with Crippen molar-refractivity contribution in [2.75, 3.05) is 6.54 Å². The summed E-state index contributed by atoms with van der Waals surface area (Å²) in [5.74, 6) is -0.705. The maximum atomic E-state index is 13.4. The molecular weight excluding hydrogens is 466 g/mol. The molecule has 2 amide bonds. The van der Waals surface area contributed by atoms with Gasteiger partial charge in [0.2, 0.25) is 5.91 Å². The average Bonchev–Trinajstić information content (AvgIpc) is 3.40. The summed E-state index contributed by atoms with van der Waals surface area (Å²) in [6.45, 7) is 10.9. The molecule has 4 atom stereocenters. The van der Waals surface area contributed by atoms with Crippen LogP contribution in [0.3, 0.4) is 0 Å². The smallest absolute Gasteiger partial charge is 0.313 e. The maximum absolute atomic E-state index is 13.4. The van der Waals surface area contributed by atoms with Crippen LogP contribution in [0.25, 0.3) is 10.4 Å². The number of aryl methyl sites for hydroxylation is 1. The average molecular weight is 503 g/mol. The summed E-state index contributed by atoms with van der Waals surface area (Å²) in [6, 6.07) is 6.93. The van der Waals surface area contributed by atoms with Gasteiger partial charge in [0.1, 0.15) is 17.0 Å². The zero-order valence-electron chi connectivity index (χ0n) is 21.2. The van der Waals surface area contributed by atoms with Gasteiger partial charge in [-0.1, -0.05) is 52.0 Å². The highest BCUT2D eigenvalue weighted by Crippen LogP contribution is 2.30. The minimum absolute atomic E-state index is 0.0375. The number of hydrogen-bond acceptors (Lipinski definition) is 6. The number of carbonyl (C=O) groups is 2. The summed E-state index contributed by atoms with van der Waals surface area (Å²) in [5, 5.41) is 13.0. The summed E-state index contributed by atoms with van der Waals surface area (Å²) in [7, 11) is 0. The Morgan fingerprint density at radius 1 is 1.29 bits per heavy atom. The van der Waals surface area contributed by atoms with Gasteiger partial charge in [-0.3, -0.25) is 14.5 Å². The van der Waals surface area contributed by atoms with Crippen LogP contribution in [-0.4, -0.2) is 56.5 Å². The first-order valence-electron chi connectivity index (χ1n) is 11.9. The number of aliphatic hydroxyl groups is 1. The lowest BCUT2D eigenvalue weighted by atomic mass is 9.85. The van der Waals surface area contributed by atoms with Crippen LogP contribution in [-0.2, 0) is 9.59 Å². The lowest BCUT2D eigenvalue weighted by molar-refractivity contribution is -0.661. The molecule has 2 aromatic rings. The maximum Gasteiger partial charge on any atom is 0.313 e. The van der Waals surface area contributed by atoms with Crippen LogP contribution >= 0.6 is 11.3 Å². The molecule has 0 aliphatic carbocycles. The van der Waals surface area contributed by atoms with E-state index in [2.05, 4.69) is 15.7 Å². The van der Waals surface area contributed by atoms with E-state index >= 15 is 0 Å². The molecular formula is C25H36N5O4S+. The van der Waals surface area contributed by atoms with Crippen LogP contribution in [0.5, 0.6) is 0 Å². The van der Waals surface area contributed by atoms with Crippen LogP contribution in [0.15, 0.2) is 29.8 Å². The Kier molecular flexibility index (Phi) is 8.27. The van der Waals surface area contributed by atoms with Crippen molar-refractivity contribution in [3.05, 3.63) is 45.9 Å². The summed E-state index contributed by atoms with van der Waals surface area (Å²) in [6.07, 6.45) is -0.928. The SMILES string of the molecule is CC[C@H](N[N+](=O)[C@@H]1C[C@@H](O)CN1C(=O)[C@@H](NC(C)=O)C(C)(C)C)c1ccc(-c2scnc2C)cc1. The van der Waals surface area contributed by atoms with Gasteiger partial charge in [0.05, 0.1) is 40.1 Å². The molecule has 0 radical (unpaired) electrons. The largest absolute Gasteiger partial charge is 0.391 e. The number of carbonyl (C=O) groups excluding carboxylic acids is 2. The highest BCUT2D eigenvalue weighted by Gasteiger charge is 2.49. The monoisotopic (exact) mass is 502 g/mol. The fraction of sp³-hybridized carbons (Fsp3) is 0.560. The Morgan fingerprint density at radius 3 is 2.46 bits per heavy atom. The lowest BCUT2D eigenvalue weighted by Gasteiger charge is -2.33. The zero-order chi connectivity index (χ0) is 25.9. The van der Waals surface area contributed by atoms with Gasteiger partial charge in [-0.2, -0.15) is 0 Å². The second kappa shape index (κ2) is 10.8. The molecule has 10 heteroatoms. The fourth-order valence-corrected chi connectivity index (χ4v) is 5.17. The summed E-state index contributed by atoms with van der Waals surface area (Å²) < 4.78 is 0. The normalized spacial score (nSPS) is 19.8. The van der Waals surface area contributed by atoms with Crippen molar-refractivity contribution in [3.8, 4) is 10.4 Å². The van der Waals surface area contributed by atoms with E-state index < -0.39 is 23.7 Å². The van der Waals surface area contributed by atoms with E-state index in [0.29, 0.717) is 11.3 Å². The Balaban J connectivity index is 1.76. The third-order valence-corrected chi connectivity index (χ3v) is 7.25. The van der Waals surface area contributed by atoms with Crippen molar-refractivity contribution < 1.29 is 19.6 Å². The molecule has 1 saturated heterocycles. The van der Waals surface area contributed by atoms with E-state index in [1.807, 2.05) is 64.4 Å². The number of hydrogen-bond donors (Lipinski definition) is 3. The van der Waals surface area contributed by atoms with Gasteiger partial charge in [0.25, 0.3) is 5.91 Å². The molecule has 35 heavy (non-hydrogen) atoms. The first kappa shape index (κ1) is 26.7. The molecule has 3 N–H and O–H groups in total. The highest BCUT2D eigenvalue weighted by atomic mass is 32.1. The Bertz CT molecular complexity index is 1060. The first-order chi connectivity index (χ1) is 16.4. The minimum Gasteiger partial charge on any atom is -0.391 e. The number of rotatable bonds is 8. The van der Waals surface area contributed by atoms with Crippen molar-refractivity contribution >= 4 is 23.2 Å². The number of nitrogens with one attached hydrogen (secondary N) is 2. The number of likely N-dealkylation sites (tertiary alicyclic amines) is 1. The van der Waals surface area contributed by atoms with Gasteiger partial charge in [0, 0.05) is 6.92 Å². The Morgan fingerprint density at radius 2 is 1.94 bits per heavy atom. The van der Waals surface area contributed by atoms with Gasteiger partial charge in [0.15, 0.2) is 0 Å². The van der Waals surface area contributed by atoms with Crippen LogP contribution in [0.1, 0.15) is 64.8 Å². The quantitative estimate of drug-likeness (QED) is 0.377. The predicted octanol–water partition coefficient (Wildman–Crippen LogP) is 3.32. The molecule has 1 aliphatic heterocycles. The second-order valence-electron chi connectivity index (χ2n) is 10.2. The van der Waals surface area contributed by atoms with E-state index in [1.54, 1.807) is 11.3 Å². The minimum atomic E-state index is -0.885.